The van der Waals surface area contributed by atoms with E-state index in [2.05, 4.69) is 20.6 Å². The van der Waals surface area contributed by atoms with E-state index < -0.39 is 21.8 Å². The number of hydrogen-bond donors (Lipinski definition) is 2. The summed E-state index contributed by atoms with van der Waals surface area (Å²) in [6.45, 7) is 3.93. The van der Waals surface area contributed by atoms with Crippen molar-refractivity contribution in [3.63, 3.8) is 0 Å². The lowest BCUT2D eigenvalue weighted by Crippen LogP contribution is -2.34. The van der Waals surface area contributed by atoms with Crippen LogP contribution in [0.5, 0.6) is 5.75 Å². The van der Waals surface area contributed by atoms with Crippen LogP contribution in [0.2, 0.25) is 0 Å². The summed E-state index contributed by atoms with van der Waals surface area (Å²) < 4.78 is 78.1. The molecule has 2 N–H and O–H groups in total. The van der Waals surface area contributed by atoms with E-state index in [4.69, 9.17) is 9.47 Å². The molecule has 9 nitrogen and oxygen atoms in total. The molecule has 0 amide bonds. The summed E-state index contributed by atoms with van der Waals surface area (Å²) in [4.78, 5) is 8.16. The third-order valence-corrected chi connectivity index (χ3v) is 8.40. The van der Waals surface area contributed by atoms with Gasteiger partial charge in [-0.15, -0.1) is 0 Å². The van der Waals surface area contributed by atoms with Crippen molar-refractivity contribution < 1.29 is 31.1 Å². The van der Waals surface area contributed by atoms with Crippen LogP contribution >= 0.6 is 0 Å². The van der Waals surface area contributed by atoms with Gasteiger partial charge in [0, 0.05) is 39.0 Å². The molecule has 42 heavy (non-hydrogen) atoms. The quantitative estimate of drug-likeness (QED) is 0.314. The summed E-state index contributed by atoms with van der Waals surface area (Å²) >= 11 is 0. The number of nitrogens with one attached hydrogen (secondary N) is 2. The van der Waals surface area contributed by atoms with E-state index in [-0.39, 0.29) is 24.5 Å². The Labute approximate surface area is 244 Å². The highest BCUT2D eigenvalue weighted by molar-refractivity contribution is 7.92. The third kappa shape index (κ3) is 8.11. The molecular formula is C29H36F3N5O4S. The minimum absolute atomic E-state index is 0.0123. The number of rotatable bonds is 11. The minimum atomic E-state index is -4.66. The Morgan fingerprint density at radius 3 is 2.52 bits per heavy atom. The van der Waals surface area contributed by atoms with E-state index in [1.165, 1.54) is 14.2 Å². The van der Waals surface area contributed by atoms with Crippen LogP contribution in [-0.4, -0.2) is 58.1 Å². The second kappa shape index (κ2) is 13.3. The fourth-order valence-electron chi connectivity index (χ4n) is 4.75. The normalized spacial score (nSPS) is 14.5. The van der Waals surface area contributed by atoms with E-state index >= 15 is 0 Å². The molecule has 0 saturated carbocycles. The van der Waals surface area contributed by atoms with Crippen molar-refractivity contribution >= 4 is 27.3 Å². The molecule has 0 bridgehead atoms. The van der Waals surface area contributed by atoms with Gasteiger partial charge >= 0.3 is 6.18 Å². The zero-order chi connectivity index (χ0) is 30.5. The van der Waals surface area contributed by atoms with Crippen molar-refractivity contribution in [3.05, 3.63) is 70.5 Å². The van der Waals surface area contributed by atoms with Gasteiger partial charge in [-0.2, -0.15) is 13.2 Å². The summed E-state index contributed by atoms with van der Waals surface area (Å²) in [5, 5.41) is 6.50. The van der Waals surface area contributed by atoms with Gasteiger partial charge in [0.2, 0.25) is 16.0 Å². The topological polar surface area (TPSA) is 106 Å². The highest BCUT2D eigenvalue weighted by atomic mass is 32.2. The molecule has 2 aromatic carbocycles. The van der Waals surface area contributed by atoms with Gasteiger partial charge in [0.05, 0.1) is 36.0 Å². The van der Waals surface area contributed by atoms with Gasteiger partial charge in [0.15, 0.2) is 0 Å². The van der Waals surface area contributed by atoms with Crippen molar-refractivity contribution in [2.45, 2.75) is 51.4 Å². The summed E-state index contributed by atoms with van der Waals surface area (Å²) in [6, 6.07) is 11.1. The molecule has 0 radical (unpaired) electrons. The lowest BCUT2D eigenvalue weighted by Gasteiger charge is -2.23. The first-order valence-electron chi connectivity index (χ1n) is 13.6. The Kier molecular flexibility index (Phi) is 9.95. The van der Waals surface area contributed by atoms with E-state index in [9.17, 15) is 21.6 Å². The number of alkyl halides is 3. The maximum Gasteiger partial charge on any atom is 0.419 e. The van der Waals surface area contributed by atoms with Gasteiger partial charge in [0.25, 0.3) is 0 Å². The summed E-state index contributed by atoms with van der Waals surface area (Å²) in [7, 11) is -0.640. The Morgan fingerprint density at radius 1 is 1.12 bits per heavy atom. The van der Waals surface area contributed by atoms with Crippen molar-refractivity contribution in [1.82, 2.24) is 15.3 Å². The number of ether oxygens (including phenoxy) is 2. The number of aromatic nitrogens is 2. The predicted molar refractivity (Wildman–Crippen MR) is 156 cm³/mol. The molecule has 228 valence electrons. The van der Waals surface area contributed by atoms with Crippen LogP contribution in [0.25, 0.3) is 0 Å². The van der Waals surface area contributed by atoms with Gasteiger partial charge in [-0.3, -0.25) is 4.31 Å². The average Bonchev–Trinajstić information content (AvgIpc) is 2.95. The summed E-state index contributed by atoms with van der Waals surface area (Å²) in [6.07, 6.45) is -0.881. The molecule has 1 aromatic heterocycles. The van der Waals surface area contributed by atoms with E-state index in [1.807, 2.05) is 19.1 Å². The monoisotopic (exact) mass is 607 g/mol. The highest BCUT2D eigenvalue weighted by Crippen LogP contribution is 2.34. The Balaban J connectivity index is 1.55. The number of hydrogen-bond acceptors (Lipinski definition) is 8. The molecule has 3 aromatic rings. The zero-order valence-corrected chi connectivity index (χ0v) is 24.9. The lowest BCUT2D eigenvalue weighted by atomic mass is 10.0. The summed E-state index contributed by atoms with van der Waals surface area (Å²) in [5.74, 6) is 0.487. The van der Waals surface area contributed by atoms with Crippen LogP contribution in [0, 0.1) is 6.92 Å². The van der Waals surface area contributed by atoms with Crippen LogP contribution in [0.15, 0.2) is 42.6 Å². The number of methoxy groups -OCH3 is 1. The standard InChI is InChI=1S/C29H36F3N5O4S/c1-19-5-7-21(26(15-19)37(2)42(4,38)39)8-10-24-23(29(30,31)32)18-34-28(35-24)36-25-9-6-20(16-27(25)40-3)17-33-22-11-13-41-14-12-22/h5-7,9,15-16,18,22,33H,8,10-14,17H2,1-4H3,(H,34,35,36). The minimum Gasteiger partial charge on any atom is -0.495 e. The van der Waals surface area contributed by atoms with E-state index in [0.29, 0.717) is 35.3 Å². The first kappa shape index (κ1) is 31.5. The highest BCUT2D eigenvalue weighted by Gasteiger charge is 2.35. The van der Waals surface area contributed by atoms with Gasteiger partial charge in [-0.05, 0) is 67.5 Å². The molecule has 1 aliphatic rings. The van der Waals surface area contributed by atoms with Gasteiger partial charge in [-0.1, -0.05) is 18.2 Å². The largest absolute Gasteiger partial charge is 0.495 e. The van der Waals surface area contributed by atoms with E-state index in [1.54, 1.807) is 24.3 Å². The number of sulfonamides is 1. The SMILES string of the molecule is COc1cc(CNC2CCOCC2)ccc1Nc1ncc(C(F)(F)F)c(CCc2ccc(C)cc2N(C)S(C)(=O)=O)n1. The maximum absolute atomic E-state index is 13.9. The molecule has 1 saturated heterocycles. The van der Waals surface area contributed by atoms with Gasteiger partial charge in [-0.25, -0.2) is 18.4 Å². The Bertz CT molecular complexity index is 1500. The molecule has 1 aliphatic heterocycles. The van der Waals surface area contributed by atoms with Crippen LogP contribution in [0.1, 0.15) is 40.8 Å². The molecule has 1 fully saturated rings. The number of nitrogens with zero attached hydrogens (tertiary/aromatic N) is 3. The molecular weight excluding hydrogens is 571 g/mol. The van der Waals surface area contributed by atoms with Crippen molar-refractivity contribution in [2.24, 2.45) is 0 Å². The van der Waals surface area contributed by atoms with Crippen molar-refractivity contribution in [2.75, 3.05) is 43.2 Å². The second-order valence-electron chi connectivity index (χ2n) is 10.3. The van der Waals surface area contributed by atoms with Crippen LogP contribution in [0.4, 0.5) is 30.5 Å². The fraction of sp³-hybridized carbons (Fsp3) is 0.448. The number of halogens is 3. The molecule has 0 unspecified atom stereocenters. The van der Waals surface area contributed by atoms with Crippen LogP contribution in [0.3, 0.4) is 0 Å². The molecule has 2 heterocycles. The van der Waals surface area contributed by atoms with Crippen LogP contribution in [-0.2, 0) is 40.3 Å². The number of aryl methyl sites for hydroxylation is 3. The summed E-state index contributed by atoms with van der Waals surface area (Å²) in [5.41, 5.74) is 2.17. The maximum atomic E-state index is 13.9. The average molecular weight is 608 g/mol. The number of anilines is 3. The molecule has 0 atom stereocenters. The van der Waals surface area contributed by atoms with Gasteiger partial charge in [0.1, 0.15) is 5.75 Å². The van der Waals surface area contributed by atoms with Gasteiger partial charge < -0.3 is 20.1 Å². The number of benzene rings is 2. The zero-order valence-electron chi connectivity index (χ0n) is 24.1. The smallest absolute Gasteiger partial charge is 0.419 e. The van der Waals surface area contributed by atoms with E-state index in [0.717, 1.165) is 53.9 Å². The molecule has 0 aliphatic carbocycles. The predicted octanol–water partition coefficient (Wildman–Crippen LogP) is 5.01. The second-order valence-corrected chi connectivity index (χ2v) is 12.4. The molecule has 4 rings (SSSR count). The van der Waals surface area contributed by atoms with Crippen molar-refractivity contribution in [3.8, 4) is 5.75 Å². The first-order valence-corrected chi connectivity index (χ1v) is 15.4. The molecule has 13 heteroatoms. The third-order valence-electron chi connectivity index (χ3n) is 7.21. The Morgan fingerprint density at radius 2 is 1.86 bits per heavy atom. The first-order chi connectivity index (χ1) is 19.8. The van der Waals surface area contributed by atoms with Crippen LogP contribution < -0.4 is 19.7 Å². The molecule has 0 spiro atoms. The van der Waals surface area contributed by atoms with Crippen molar-refractivity contribution in [1.29, 1.82) is 0 Å². The Hall–Kier alpha value is -3.42. The lowest BCUT2D eigenvalue weighted by molar-refractivity contribution is -0.138. The fourth-order valence-corrected chi connectivity index (χ4v) is 5.28.